The number of carbonyl (C=O) groups is 1. The largest absolute Gasteiger partial charge is 0.508 e. The lowest BCUT2D eigenvalue weighted by Gasteiger charge is -2.18. The molecule has 0 bridgehead atoms. The van der Waals surface area contributed by atoms with Crippen LogP contribution < -0.4 is 0 Å². The highest BCUT2D eigenvalue weighted by Gasteiger charge is 2.16. The van der Waals surface area contributed by atoms with Gasteiger partial charge in [-0.25, -0.2) is 0 Å². The van der Waals surface area contributed by atoms with Crippen LogP contribution in [-0.4, -0.2) is 23.0 Å². The number of phenols is 1. The van der Waals surface area contributed by atoms with Gasteiger partial charge in [-0.1, -0.05) is 24.3 Å². The van der Waals surface area contributed by atoms with Crippen molar-refractivity contribution < 1.29 is 9.90 Å². The van der Waals surface area contributed by atoms with Crippen LogP contribution in [0, 0.1) is 6.92 Å². The van der Waals surface area contributed by atoms with Crippen molar-refractivity contribution in [3.63, 3.8) is 0 Å². The molecule has 2 aromatic carbocycles. The van der Waals surface area contributed by atoms with Crippen LogP contribution in [0.2, 0.25) is 0 Å². The van der Waals surface area contributed by atoms with E-state index in [0.717, 1.165) is 15.6 Å². The Labute approximate surface area is 127 Å². The fourth-order valence-electron chi connectivity index (χ4n) is 2.02. The molecule has 0 aliphatic carbocycles. The fraction of sp³-hybridized carbons (Fsp3) is 0.188. The van der Waals surface area contributed by atoms with Crippen LogP contribution in [0.1, 0.15) is 21.5 Å². The summed E-state index contributed by atoms with van der Waals surface area (Å²) in [6, 6.07) is 12.6. The summed E-state index contributed by atoms with van der Waals surface area (Å²) in [7, 11) is 1.75. The highest BCUT2D eigenvalue weighted by Crippen LogP contribution is 2.23. The van der Waals surface area contributed by atoms with Crippen molar-refractivity contribution >= 4 is 21.8 Å². The molecule has 2 rings (SSSR count). The van der Waals surface area contributed by atoms with Crippen molar-refractivity contribution in [3.05, 3.63) is 63.6 Å². The Morgan fingerprint density at radius 2 is 1.95 bits per heavy atom. The molecular weight excluding hydrogens is 318 g/mol. The highest BCUT2D eigenvalue weighted by molar-refractivity contribution is 9.10. The first-order valence-electron chi connectivity index (χ1n) is 6.27. The zero-order chi connectivity index (χ0) is 14.7. The average Bonchev–Trinajstić information content (AvgIpc) is 2.41. The van der Waals surface area contributed by atoms with E-state index >= 15 is 0 Å². The van der Waals surface area contributed by atoms with Gasteiger partial charge in [0.2, 0.25) is 0 Å². The van der Waals surface area contributed by atoms with Crippen molar-refractivity contribution in [2.24, 2.45) is 0 Å². The second-order valence-corrected chi connectivity index (χ2v) is 5.56. The van der Waals surface area contributed by atoms with Crippen LogP contribution in [0.25, 0.3) is 0 Å². The molecule has 0 aromatic heterocycles. The van der Waals surface area contributed by atoms with Gasteiger partial charge in [-0.2, -0.15) is 0 Å². The second-order valence-electron chi connectivity index (χ2n) is 4.77. The SMILES string of the molecule is Cc1cccc(C(=O)N(C)Cc2cccc(O)c2)c1Br. The molecule has 0 aliphatic heterocycles. The van der Waals surface area contributed by atoms with Crippen LogP contribution in [0.3, 0.4) is 0 Å². The number of phenolic OH excluding ortho intramolecular Hbond substituents is 1. The monoisotopic (exact) mass is 333 g/mol. The van der Waals surface area contributed by atoms with E-state index in [2.05, 4.69) is 15.9 Å². The van der Waals surface area contributed by atoms with Gasteiger partial charge in [0, 0.05) is 18.1 Å². The topological polar surface area (TPSA) is 40.5 Å². The van der Waals surface area contributed by atoms with E-state index in [1.54, 1.807) is 36.2 Å². The Balaban J connectivity index is 2.19. The molecule has 20 heavy (non-hydrogen) atoms. The van der Waals surface area contributed by atoms with E-state index < -0.39 is 0 Å². The minimum atomic E-state index is -0.0519. The Hall–Kier alpha value is -1.81. The number of hydrogen-bond acceptors (Lipinski definition) is 2. The Kier molecular flexibility index (Phi) is 4.45. The summed E-state index contributed by atoms with van der Waals surface area (Å²) in [6.07, 6.45) is 0. The number of benzene rings is 2. The van der Waals surface area contributed by atoms with Crippen molar-refractivity contribution in [3.8, 4) is 5.75 Å². The number of carbonyl (C=O) groups excluding carboxylic acids is 1. The number of hydrogen-bond donors (Lipinski definition) is 1. The first-order valence-corrected chi connectivity index (χ1v) is 7.07. The molecule has 0 fully saturated rings. The van der Waals surface area contributed by atoms with E-state index in [1.165, 1.54) is 0 Å². The van der Waals surface area contributed by atoms with Gasteiger partial charge in [0.1, 0.15) is 5.75 Å². The molecule has 1 N–H and O–H groups in total. The average molecular weight is 334 g/mol. The van der Waals surface area contributed by atoms with Crippen LogP contribution in [0.4, 0.5) is 0 Å². The molecule has 2 aromatic rings. The van der Waals surface area contributed by atoms with Gasteiger partial charge in [0.25, 0.3) is 5.91 Å². The first kappa shape index (κ1) is 14.6. The molecule has 0 saturated heterocycles. The van der Waals surface area contributed by atoms with E-state index in [0.29, 0.717) is 12.1 Å². The minimum absolute atomic E-state index is 0.0519. The first-order chi connectivity index (χ1) is 9.49. The van der Waals surface area contributed by atoms with Crippen LogP contribution >= 0.6 is 15.9 Å². The lowest BCUT2D eigenvalue weighted by molar-refractivity contribution is 0.0784. The summed E-state index contributed by atoms with van der Waals surface area (Å²) in [5.74, 6) is 0.156. The van der Waals surface area contributed by atoms with Gasteiger partial charge in [0.15, 0.2) is 0 Å². The summed E-state index contributed by atoms with van der Waals surface area (Å²) < 4.78 is 0.827. The van der Waals surface area contributed by atoms with Crippen molar-refractivity contribution in [1.82, 2.24) is 4.90 Å². The van der Waals surface area contributed by atoms with Crippen LogP contribution in [-0.2, 0) is 6.54 Å². The predicted octanol–water partition coefficient (Wildman–Crippen LogP) is 3.74. The quantitative estimate of drug-likeness (QED) is 0.929. The van der Waals surface area contributed by atoms with Crippen molar-refractivity contribution in [2.75, 3.05) is 7.05 Å². The lowest BCUT2D eigenvalue weighted by atomic mass is 10.1. The summed E-state index contributed by atoms with van der Waals surface area (Å²) in [5, 5.41) is 9.45. The zero-order valence-electron chi connectivity index (χ0n) is 11.4. The minimum Gasteiger partial charge on any atom is -0.508 e. The number of amides is 1. The number of rotatable bonds is 3. The van der Waals surface area contributed by atoms with Crippen molar-refractivity contribution in [1.29, 1.82) is 0 Å². The number of aryl methyl sites for hydroxylation is 1. The zero-order valence-corrected chi connectivity index (χ0v) is 13.0. The van der Waals surface area contributed by atoms with Gasteiger partial charge in [-0.3, -0.25) is 4.79 Å². The normalized spacial score (nSPS) is 10.3. The van der Waals surface area contributed by atoms with Gasteiger partial charge >= 0.3 is 0 Å². The third-order valence-corrected chi connectivity index (χ3v) is 4.15. The molecule has 3 nitrogen and oxygen atoms in total. The molecule has 0 saturated carbocycles. The van der Waals surface area contributed by atoms with Gasteiger partial charge in [-0.05, 0) is 52.2 Å². The standard InChI is InChI=1S/C16H16BrNO2/c1-11-5-3-8-14(15(11)17)16(20)18(2)10-12-6-4-7-13(19)9-12/h3-9,19H,10H2,1-2H3. The molecule has 0 radical (unpaired) electrons. The molecule has 0 spiro atoms. The lowest BCUT2D eigenvalue weighted by Crippen LogP contribution is -2.26. The predicted molar refractivity (Wildman–Crippen MR) is 82.8 cm³/mol. The Morgan fingerprint density at radius 3 is 2.65 bits per heavy atom. The summed E-state index contributed by atoms with van der Waals surface area (Å²) >= 11 is 3.46. The molecule has 104 valence electrons. The molecule has 4 heteroatoms. The van der Waals surface area contributed by atoms with Gasteiger partial charge in [-0.15, -0.1) is 0 Å². The molecular formula is C16H16BrNO2. The van der Waals surface area contributed by atoms with Crippen LogP contribution in [0.15, 0.2) is 46.9 Å². The van der Waals surface area contributed by atoms with E-state index in [4.69, 9.17) is 0 Å². The third-order valence-electron chi connectivity index (χ3n) is 3.10. The molecule has 0 unspecified atom stereocenters. The Bertz CT molecular complexity index is 640. The smallest absolute Gasteiger partial charge is 0.255 e. The van der Waals surface area contributed by atoms with E-state index in [1.807, 2.05) is 25.1 Å². The molecule has 0 atom stereocenters. The number of nitrogens with zero attached hydrogens (tertiary/aromatic N) is 1. The highest BCUT2D eigenvalue weighted by atomic mass is 79.9. The van der Waals surface area contributed by atoms with Crippen molar-refractivity contribution in [2.45, 2.75) is 13.5 Å². The second kappa shape index (κ2) is 6.09. The number of aromatic hydroxyl groups is 1. The maximum Gasteiger partial charge on any atom is 0.255 e. The van der Waals surface area contributed by atoms with Gasteiger partial charge < -0.3 is 10.0 Å². The number of halogens is 1. The summed E-state index contributed by atoms with van der Waals surface area (Å²) in [6.45, 7) is 2.41. The molecule has 1 amide bonds. The molecule has 0 heterocycles. The third kappa shape index (κ3) is 3.20. The molecule has 0 aliphatic rings. The fourth-order valence-corrected chi connectivity index (χ4v) is 2.45. The van der Waals surface area contributed by atoms with Crippen LogP contribution in [0.5, 0.6) is 5.75 Å². The Morgan fingerprint density at radius 1 is 1.25 bits per heavy atom. The maximum absolute atomic E-state index is 12.4. The van der Waals surface area contributed by atoms with E-state index in [9.17, 15) is 9.90 Å². The van der Waals surface area contributed by atoms with Gasteiger partial charge in [0.05, 0.1) is 5.56 Å². The summed E-state index contributed by atoms with van der Waals surface area (Å²) in [5.41, 5.74) is 2.57. The summed E-state index contributed by atoms with van der Waals surface area (Å²) in [4.78, 5) is 14.1. The van der Waals surface area contributed by atoms with E-state index in [-0.39, 0.29) is 11.7 Å². The maximum atomic E-state index is 12.4.